The fraction of sp³-hybridized carbons (Fsp3) is 0.833. The molecule has 0 saturated carbocycles. The van der Waals surface area contributed by atoms with E-state index in [4.69, 9.17) is 14.9 Å². The number of aliphatic hydroxyl groups excluding tert-OH is 2. The Morgan fingerprint density at radius 2 is 2.12 bits per heavy atom. The highest BCUT2D eigenvalue weighted by Gasteiger charge is 2.09. The first-order chi connectivity index (χ1) is 7.61. The molecule has 0 aromatic rings. The highest BCUT2D eigenvalue weighted by atomic mass is 32.2. The minimum absolute atomic E-state index is 0.171. The van der Waals surface area contributed by atoms with E-state index in [1.54, 1.807) is 11.8 Å². The molecule has 0 aliphatic carbocycles. The zero-order chi connectivity index (χ0) is 12.4. The van der Waals surface area contributed by atoms with Crippen LogP contribution < -0.4 is 0 Å². The molecule has 3 nitrogen and oxygen atoms in total. The summed E-state index contributed by atoms with van der Waals surface area (Å²) < 4.78 is 5.51. The van der Waals surface area contributed by atoms with Gasteiger partial charge in [-0.3, -0.25) is 0 Å². The first-order valence-corrected chi connectivity index (χ1v) is 6.95. The van der Waals surface area contributed by atoms with E-state index < -0.39 is 6.10 Å². The van der Waals surface area contributed by atoms with Gasteiger partial charge in [0, 0.05) is 17.4 Å². The van der Waals surface area contributed by atoms with Crippen molar-refractivity contribution in [3.8, 4) is 0 Å². The number of ether oxygens (including phenoxy) is 1. The van der Waals surface area contributed by atoms with Crippen LogP contribution in [0.2, 0.25) is 0 Å². The second-order valence-corrected chi connectivity index (χ2v) is 5.02. The average molecular weight is 248 g/mol. The highest BCUT2D eigenvalue weighted by Crippen LogP contribution is 2.17. The van der Waals surface area contributed by atoms with Crippen LogP contribution in [0.25, 0.3) is 0 Å². The van der Waals surface area contributed by atoms with E-state index in [9.17, 15) is 0 Å². The van der Waals surface area contributed by atoms with Crippen molar-refractivity contribution in [2.24, 2.45) is 5.92 Å². The van der Waals surface area contributed by atoms with Gasteiger partial charge in [0.05, 0.1) is 25.1 Å². The van der Waals surface area contributed by atoms with Crippen LogP contribution in [0.15, 0.2) is 12.3 Å². The van der Waals surface area contributed by atoms with E-state index in [0.717, 1.165) is 31.0 Å². The van der Waals surface area contributed by atoms with Crippen molar-refractivity contribution in [3.63, 3.8) is 0 Å². The number of rotatable bonds is 10. The zero-order valence-corrected chi connectivity index (χ0v) is 11.1. The van der Waals surface area contributed by atoms with Crippen molar-refractivity contribution in [1.29, 1.82) is 0 Å². The van der Waals surface area contributed by atoms with Gasteiger partial charge in [-0.1, -0.05) is 26.8 Å². The number of aliphatic hydroxyl groups is 2. The van der Waals surface area contributed by atoms with Crippen LogP contribution in [0.3, 0.4) is 0 Å². The third kappa shape index (κ3) is 8.02. The molecule has 0 aromatic carbocycles. The Labute approximate surface area is 103 Å². The summed E-state index contributed by atoms with van der Waals surface area (Å²) in [4.78, 5) is 0. The summed E-state index contributed by atoms with van der Waals surface area (Å²) in [6, 6.07) is 0. The quantitative estimate of drug-likeness (QED) is 0.459. The summed E-state index contributed by atoms with van der Waals surface area (Å²) in [6.07, 6.45) is 1.56. The first kappa shape index (κ1) is 15.8. The van der Waals surface area contributed by atoms with E-state index in [1.807, 2.05) is 0 Å². The third-order valence-corrected chi connectivity index (χ3v) is 3.58. The lowest BCUT2D eigenvalue weighted by Crippen LogP contribution is -2.16. The van der Waals surface area contributed by atoms with E-state index >= 15 is 0 Å². The van der Waals surface area contributed by atoms with Crippen molar-refractivity contribution in [1.82, 2.24) is 0 Å². The number of hydrogen-bond donors (Lipinski definition) is 2. The molecule has 4 heteroatoms. The Morgan fingerprint density at radius 3 is 2.69 bits per heavy atom. The van der Waals surface area contributed by atoms with Gasteiger partial charge >= 0.3 is 0 Å². The number of allylic oxidation sites excluding steroid dienone is 1. The summed E-state index contributed by atoms with van der Waals surface area (Å²) in [6.45, 7) is 8.65. The highest BCUT2D eigenvalue weighted by molar-refractivity contribution is 7.99. The molecule has 0 radical (unpaired) electrons. The van der Waals surface area contributed by atoms with Crippen molar-refractivity contribution >= 4 is 11.8 Å². The molecule has 16 heavy (non-hydrogen) atoms. The van der Waals surface area contributed by atoms with Gasteiger partial charge in [-0.05, 0) is 6.42 Å². The lowest BCUT2D eigenvalue weighted by Gasteiger charge is -2.16. The van der Waals surface area contributed by atoms with Crippen LogP contribution in [-0.4, -0.2) is 41.0 Å². The molecule has 0 fully saturated rings. The normalized spacial score (nSPS) is 14.5. The number of thioether (sulfide) groups is 1. The van der Waals surface area contributed by atoms with Gasteiger partial charge in [0.1, 0.15) is 0 Å². The SMILES string of the molecule is C=C(OCCCC)C(C)CSCC(O)CO. The van der Waals surface area contributed by atoms with Crippen molar-refractivity contribution in [2.45, 2.75) is 32.8 Å². The molecule has 2 N–H and O–H groups in total. The number of hydrogen-bond acceptors (Lipinski definition) is 4. The van der Waals surface area contributed by atoms with E-state index in [1.165, 1.54) is 0 Å². The molecule has 0 aromatic heterocycles. The molecule has 0 amide bonds. The minimum atomic E-state index is -0.619. The lowest BCUT2D eigenvalue weighted by atomic mass is 10.2. The van der Waals surface area contributed by atoms with Gasteiger partial charge < -0.3 is 14.9 Å². The average Bonchev–Trinajstić information content (AvgIpc) is 2.28. The summed E-state index contributed by atoms with van der Waals surface area (Å²) in [5.74, 6) is 2.53. The molecule has 0 heterocycles. The Morgan fingerprint density at radius 1 is 1.44 bits per heavy atom. The van der Waals surface area contributed by atoms with Gasteiger partial charge in [0.2, 0.25) is 0 Å². The van der Waals surface area contributed by atoms with E-state index in [2.05, 4.69) is 20.4 Å². The maximum absolute atomic E-state index is 9.16. The standard InChI is InChI=1S/C12H24O3S/c1-4-5-6-15-11(3)10(2)8-16-9-12(14)7-13/h10,12-14H,3-9H2,1-2H3. The first-order valence-electron chi connectivity index (χ1n) is 5.80. The molecule has 2 atom stereocenters. The fourth-order valence-corrected chi connectivity index (χ4v) is 2.07. The van der Waals surface area contributed by atoms with E-state index in [0.29, 0.717) is 5.75 Å². The van der Waals surface area contributed by atoms with Gasteiger partial charge in [-0.2, -0.15) is 11.8 Å². The topological polar surface area (TPSA) is 49.7 Å². The Bertz CT molecular complexity index is 185. The zero-order valence-electron chi connectivity index (χ0n) is 10.3. The molecule has 0 rings (SSSR count). The third-order valence-electron chi connectivity index (χ3n) is 2.22. The Kier molecular flexibility index (Phi) is 9.88. The van der Waals surface area contributed by atoms with Crippen LogP contribution in [0.4, 0.5) is 0 Å². The molecule has 96 valence electrons. The number of unbranched alkanes of at least 4 members (excludes halogenated alkanes) is 1. The molecule has 0 spiro atoms. The van der Waals surface area contributed by atoms with Gasteiger partial charge in [0.15, 0.2) is 0 Å². The largest absolute Gasteiger partial charge is 0.498 e. The second kappa shape index (κ2) is 10.00. The van der Waals surface area contributed by atoms with Crippen LogP contribution in [-0.2, 0) is 4.74 Å². The van der Waals surface area contributed by atoms with Crippen molar-refractivity contribution < 1.29 is 14.9 Å². The Hall–Kier alpha value is -0.190. The van der Waals surface area contributed by atoms with Crippen LogP contribution in [0.1, 0.15) is 26.7 Å². The smallest absolute Gasteiger partial charge is 0.0924 e. The summed E-state index contributed by atoms with van der Waals surface area (Å²) >= 11 is 1.61. The molecular weight excluding hydrogens is 224 g/mol. The summed E-state index contributed by atoms with van der Waals surface area (Å²) in [7, 11) is 0. The molecular formula is C12H24O3S. The van der Waals surface area contributed by atoms with Gasteiger partial charge in [0.25, 0.3) is 0 Å². The Balaban J connectivity index is 3.55. The molecule has 0 bridgehead atoms. The summed E-state index contributed by atoms with van der Waals surface area (Å²) in [5.41, 5.74) is 0. The lowest BCUT2D eigenvalue weighted by molar-refractivity contribution is 0.113. The molecule has 0 saturated heterocycles. The maximum atomic E-state index is 9.16. The predicted octanol–water partition coefficient (Wildman–Crippen LogP) is 2.04. The molecule has 0 aliphatic heterocycles. The van der Waals surface area contributed by atoms with Gasteiger partial charge in [-0.15, -0.1) is 0 Å². The van der Waals surface area contributed by atoms with Crippen LogP contribution in [0, 0.1) is 5.92 Å². The van der Waals surface area contributed by atoms with Crippen LogP contribution >= 0.6 is 11.8 Å². The molecule has 2 unspecified atom stereocenters. The predicted molar refractivity (Wildman–Crippen MR) is 69.6 cm³/mol. The molecule has 0 aliphatic rings. The minimum Gasteiger partial charge on any atom is -0.498 e. The van der Waals surface area contributed by atoms with Crippen molar-refractivity contribution in [3.05, 3.63) is 12.3 Å². The monoisotopic (exact) mass is 248 g/mol. The summed E-state index contributed by atoms with van der Waals surface area (Å²) in [5, 5.41) is 17.8. The van der Waals surface area contributed by atoms with Crippen molar-refractivity contribution in [2.75, 3.05) is 24.7 Å². The second-order valence-electron chi connectivity index (χ2n) is 3.94. The fourth-order valence-electron chi connectivity index (χ4n) is 1.02. The van der Waals surface area contributed by atoms with Crippen LogP contribution in [0.5, 0.6) is 0 Å². The van der Waals surface area contributed by atoms with Gasteiger partial charge in [-0.25, -0.2) is 0 Å². The maximum Gasteiger partial charge on any atom is 0.0924 e. The van der Waals surface area contributed by atoms with E-state index in [-0.39, 0.29) is 12.5 Å².